The highest BCUT2D eigenvalue weighted by Crippen LogP contribution is 2.73. The van der Waals surface area contributed by atoms with Crippen molar-refractivity contribution in [3.63, 3.8) is 0 Å². The summed E-state index contributed by atoms with van der Waals surface area (Å²) in [7, 11) is 1.56. The number of cyclic esters (lactones) is 1. The molecule has 7 nitrogen and oxygen atoms in total. The normalized spacial score (nSPS) is 51.1. The molecule has 0 aliphatic carbocycles. The monoisotopic (exact) mass is 403 g/mol. The van der Waals surface area contributed by atoms with Crippen molar-refractivity contribution in [1.29, 1.82) is 0 Å². The lowest BCUT2D eigenvalue weighted by Gasteiger charge is -2.48. The molecule has 6 heterocycles. The SMILES string of the molecule is COC1=C(C)C(=O)O/C1=C1\O[C@@]23OC4CC(C2[C@H]1C)N1CCC3C41CCCCO. The summed E-state index contributed by atoms with van der Waals surface area (Å²) in [6.45, 7) is 5.24. The second-order valence-corrected chi connectivity index (χ2v) is 9.50. The molecule has 1 spiro atoms. The summed E-state index contributed by atoms with van der Waals surface area (Å²) in [5, 5.41) is 9.28. The van der Waals surface area contributed by atoms with Crippen molar-refractivity contribution in [1.82, 2.24) is 4.90 Å². The number of unbranched alkanes of at least 4 members (excludes halogenated alkanes) is 1. The largest absolute Gasteiger partial charge is 0.492 e. The molecule has 5 fully saturated rings. The average molecular weight is 403 g/mol. The quantitative estimate of drug-likeness (QED) is 0.556. The molecule has 6 unspecified atom stereocenters. The lowest BCUT2D eigenvalue weighted by atomic mass is 9.69. The third kappa shape index (κ3) is 1.89. The number of aliphatic hydroxyl groups excluding tert-OH is 1. The number of aliphatic hydroxyl groups is 1. The minimum atomic E-state index is -0.622. The number of fused-ring (bicyclic) bond motifs is 1. The van der Waals surface area contributed by atoms with E-state index in [1.54, 1.807) is 14.0 Å². The van der Waals surface area contributed by atoms with Crippen LogP contribution in [-0.2, 0) is 23.7 Å². The summed E-state index contributed by atoms with van der Waals surface area (Å²) < 4.78 is 24.6. The zero-order valence-electron chi connectivity index (χ0n) is 17.3. The van der Waals surface area contributed by atoms with Crippen molar-refractivity contribution in [3.05, 3.63) is 22.9 Å². The Hall–Kier alpha value is -1.57. The first kappa shape index (κ1) is 18.2. The number of methoxy groups -OCH3 is 1. The van der Waals surface area contributed by atoms with Gasteiger partial charge in [-0.15, -0.1) is 0 Å². The van der Waals surface area contributed by atoms with Crippen LogP contribution in [0.15, 0.2) is 22.9 Å². The summed E-state index contributed by atoms with van der Waals surface area (Å²) in [6.07, 6.45) is 5.20. The first-order valence-corrected chi connectivity index (χ1v) is 11.0. The van der Waals surface area contributed by atoms with Gasteiger partial charge in [-0.05, 0) is 45.6 Å². The predicted molar refractivity (Wildman–Crippen MR) is 101 cm³/mol. The number of esters is 1. The first-order valence-electron chi connectivity index (χ1n) is 11.0. The molecule has 29 heavy (non-hydrogen) atoms. The number of rotatable bonds is 5. The van der Waals surface area contributed by atoms with Gasteiger partial charge in [0.25, 0.3) is 0 Å². The van der Waals surface area contributed by atoms with Crippen molar-refractivity contribution in [3.8, 4) is 0 Å². The Morgan fingerprint density at radius 1 is 1.34 bits per heavy atom. The second-order valence-electron chi connectivity index (χ2n) is 9.50. The fourth-order valence-corrected chi connectivity index (χ4v) is 7.70. The molecule has 8 atom stereocenters. The van der Waals surface area contributed by atoms with Crippen LogP contribution in [-0.4, -0.2) is 59.7 Å². The van der Waals surface area contributed by atoms with Gasteiger partial charge in [0.2, 0.25) is 11.5 Å². The van der Waals surface area contributed by atoms with Crippen LogP contribution in [0.4, 0.5) is 0 Å². The first-order chi connectivity index (χ1) is 14.0. The molecule has 5 saturated heterocycles. The molecular formula is C22H29NO6. The molecule has 6 aliphatic heterocycles. The van der Waals surface area contributed by atoms with Gasteiger partial charge in [0.05, 0.1) is 30.2 Å². The smallest absolute Gasteiger partial charge is 0.343 e. The van der Waals surface area contributed by atoms with Crippen molar-refractivity contribution in [2.75, 3.05) is 20.3 Å². The van der Waals surface area contributed by atoms with E-state index < -0.39 is 5.79 Å². The van der Waals surface area contributed by atoms with E-state index in [9.17, 15) is 9.90 Å². The van der Waals surface area contributed by atoms with Crippen molar-refractivity contribution in [2.24, 2.45) is 17.8 Å². The maximum Gasteiger partial charge on any atom is 0.343 e. The van der Waals surface area contributed by atoms with Crippen molar-refractivity contribution in [2.45, 2.75) is 69.4 Å². The summed E-state index contributed by atoms with van der Waals surface area (Å²) in [6, 6.07) is 0.433. The Labute approximate surface area is 170 Å². The van der Waals surface area contributed by atoms with E-state index in [4.69, 9.17) is 18.9 Å². The van der Waals surface area contributed by atoms with E-state index in [2.05, 4.69) is 11.8 Å². The number of allylic oxidation sites excluding steroid dienone is 1. The Balaban J connectivity index is 1.43. The third-order valence-corrected chi connectivity index (χ3v) is 8.58. The van der Waals surface area contributed by atoms with Crippen molar-refractivity contribution >= 4 is 5.97 Å². The van der Waals surface area contributed by atoms with Gasteiger partial charge in [-0.1, -0.05) is 6.92 Å². The Morgan fingerprint density at radius 3 is 2.93 bits per heavy atom. The Morgan fingerprint density at radius 2 is 2.17 bits per heavy atom. The molecule has 0 radical (unpaired) electrons. The number of piperidine rings is 1. The summed E-state index contributed by atoms with van der Waals surface area (Å²) in [4.78, 5) is 14.9. The van der Waals surface area contributed by atoms with Crippen LogP contribution in [0.5, 0.6) is 0 Å². The number of hydrogen-bond acceptors (Lipinski definition) is 7. The molecule has 0 amide bonds. The molecule has 7 heteroatoms. The molecule has 0 saturated carbocycles. The van der Waals surface area contributed by atoms with Crippen LogP contribution >= 0.6 is 0 Å². The number of ether oxygens (including phenoxy) is 4. The lowest BCUT2D eigenvalue weighted by molar-refractivity contribution is -0.256. The highest BCUT2D eigenvalue weighted by molar-refractivity contribution is 5.93. The van der Waals surface area contributed by atoms with Crippen LogP contribution in [0, 0.1) is 17.8 Å². The van der Waals surface area contributed by atoms with Gasteiger partial charge in [-0.2, -0.15) is 0 Å². The third-order valence-electron chi connectivity index (χ3n) is 8.58. The summed E-state index contributed by atoms with van der Waals surface area (Å²) >= 11 is 0. The Kier molecular flexibility index (Phi) is 3.62. The van der Waals surface area contributed by atoms with Crippen LogP contribution in [0.25, 0.3) is 0 Å². The fourth-order valence-electron chi connectivity index (χ4n) is 7.70. The molecule has 0 aromatic rings. The predicted octanol–water partition coefficient (Wildman–Crippen LogP) is 2.06. The maximum absolute atomic E-state index is 12.2. The zero-order valence-corrected chi connectivity index (χ0v) is 17.3. The van der Waals surface area contributed by atoms with Crippen LogP contribution in [0.2, 0.25) is 0 Å². The molecule has 158 valence electrons. The van der Waals surface area contributed by atoms with Gasteiger partial charge < -0.3 is 24.1 Å². The minimum absolute atomic E-state index is 0.0400. The molecule has 5 bridgehead atoms. The van der Waals surface area contributed by atoms with E-state index in [0.29, 0.717) is 34.8 Å². The highest BCUT2D eigenvalue weighted by atomic mass is 16.7. The summed E-state index contributed by atoms with van der Waals surface area (Å²) in [5.41, 5.74) is 0.525. The number of hydrogen-bond donors (Lipinski definition) is 1. The number of nitrogens with zero attached hydrogens (tertiary/aromatic N) is 1. The molecular weight excluding hydrogens is 374 g/mol. The van der Waals surface area contributed by atoms with E-state index in [-0.39, 0.29) is 36.1 Å². The molecule has 6 rings (SSSR count). The van der Waals surface area contributed by atoms with Gasteiger partial charge in [0.15, 0.2) is 5.76 Å². The topological polar surface area (TPSA) is 77.5 Å². The average Bonchev–Trinajstić information content (AvgIpc) is 3.40. The molecule has 0 aromatic carbocycles. The van der Waals surface area contributed by atoms with Gasteiger partial charge in [0.1, 0.15) is 5.76 Å². The van der Waals surface area contributed by atoms with Gasteiger partial charge in [-0.25, -0.2) is 4.79 Å². The number of carbonyl (C=O) groups excluding carboxylic acids is 1. The zero-order chi connectivity index (χ0) is 20.1. The van der Waals surface area contributed by atoms with Gasteiger partial charge in [0, 0.05) is 24.5 Å². The van der Waals surface area contributed by atoms with E-state index in [1.807, 2.05) is 0 Å². The van der Waals surface area contributed by atoms with E-state index in [1.165, 1.54) is 0 Å². The standard InChI is InChI=1S/C22H29NO6/c1-11-16-13-10-15-21(7-4-5-9-24)14(6-8-23(13)21)22(16,28-15)29-18(11)19-17(26-3)12(2)20(25)27-19/h11,13-16,24H,4-10H2,1-3H3/b19-18-/t11-,13?,14?,15?,16?,21?,22-/m1/s1. The fraction of sp³-hybridized carbons (Fsp3) is 0.773. The van der Waals surface area contributed by atoms with E-state index in [0.717, 1.165) is 38.6 Å². The number of carbonyl (C=O) groups is 1. The van der Waals surface area contributed by atoms with Crippen LogP contribution < -0.4 is 0 Å². The highest BCUT2D eigenvalue weighted by Gasteiger charge is 2.84. The van der Waals surface area contributed by atoms with Crippen LogP contribution in [0.3, 0.4) is 0 Å². The Bertz CT molecular complexity index is 850. The second kappa shape index (κ2) is 5.77. The lowest BCUT2D eigenvalue weighted by Crippen LogP contribution is -2.61. The van der Waals surface area contributed by atoms with Crippen molar-refractivity contribution < 1.29 is 28.8 Å². The minimum Gasteiger partial charge on any atom is -0.492 e. The molecule has 0 aromatic heterocycles. The molecule has 6 aliphatic rings. The van der Waals surface area contributed by atoms with E-state index >= 15 is 0 Å². The summed E-state index contributed by atoms with van der Waals surface area (Å²) in [5.74, 6) is 1.29. The van der Waals surface area contributed by atoms with Gasteiger partial charge >= 0.3 is 5.97 Å². The molecule has 1 N–H and O–H groups in total. The van der Waals surface area contributed by atoms with Gasteiger partial charge in [-0.3, -0.25) is 4.90 Å². The maximum atomic E-state index is 12.2. The van der Waals surface area contributed by atoms with Crippen LogP contribution in [0.1, 0.15) is 46.0 Å².